The van der Waals surface area contributed by atoms with E-state index in [1.807, 2.05) is 30.0 Å². The minimum absolute atomic E-state index is 0. The molecule has 1 aliphatic rings. The molecule has 26 heavy (non-hydrogen) atoms. The highest BCUT2D eigenvalue weighted by molar-refractivity contribution is 14.0. The fourth-order valence-electron chi connectivity index (χ4n) is 3.14. The third-order valence-corrected chi connectivity index (χ3v) is 4.63. The van der Waals surface area contributed by atoms with Crippen molar-refractivity contribution in [3.63, 3.8) is 0 Å². The highest BCUT2D eigenvalue weighted by Crippen LogP contribution is 2.28. The second-order valence-corrected chi connectivity index (χ2v) is 7.40. The highest BCUT2D eigenvalue weighted by atomic mass is 127. The standard InChI is InChI=1S/C20H32N4O.HI/c1-5-21-19(24-13-12-20(3,4)16-24)22-14-18(25)23(6-2)15-17-10-8-7-9-11-17;/h7-11H,5-6,12-16H2,1-4H3,(H,21,22);1H. The molecular weight excluding hydrogens is 439 g/mol. The fraction of sp³-hybridized carbons (Fsp3) is 0.600. The normalized spacial score (nSPS) is 16.2. The van der Waals surface area contributed by atoms with E-state index in [9.17, 15) is 4.79 Å². The molecule has 0 unspecified atom stereocenters. The zero-order chi connectivity index (χ0) is 18.3. The van der Waals surface area contributed by atoms with Crippen molar-refractivity contribution >= 4 is 35.8 Å². The summed E-state index contributed by atoms with van der Waals surface area (Å²) in [6, 6.07) is 10.1. The first-order valence-corrected chi connectivity index (χ1v) is 9.30. The first-order valence-electron chi connectivity index (χ1n) is 9.30. The van der Waals surface area contributed by atoms with Gasteiger partial charge in [0.05, 0.1) is 0 Å². The second kappa shape index (κ2) is 10.7. The van der Waals surface area contributed by atoms with Crippen molar-refractivity contribution in [1.29, 1.82) is 0 Å². The van der Waals surface area contributed by atoms with Crippen LogP contribution in [0.5, 0.6) is 0 Å². The van der Waals surface area contributed by atoms with E-state index in [2.05, 4.69) is 48.1 Å². The van der Waals surface area contributed by atoms with E-state index in [-0.39, 0.29) is 36.4 Å². The lowest BCUT2D eigenvalue weighted by molar-refractivity contribution is -0.130. The Morgan fingerprint density at radius 2 is 1.96 bits per heavy atom. The molecule has 0 atom stereocenters. The third kappa shape index (κ3) is 6.78. The van der Waals surface area contributed by atoms with Gasteiger partial charge in [-0.05, 0) is 31.2 Å². The number of aliphatic imine (C=N–C) groups is 1. The fourth-order valence-corrected chi connectivity index (χ4v) is 3.14. The topological polar surface area (TPSA) is 47.9 Å². The largest absolute Gasteiger partial charge is 0.357 e. The molecule has 1 amide bonds. The van der Waals surface area contributed by atoms with Crippen molar-refractivity contribution in [1.82, 2.24) is 15.1 Å². The van der Waals surface area contributed by atoms with Gasteiger partial charge in [0, 0.05) is 32.7 Å². The molecule has 146 valence electrons. The molecule has 1 aromatic carbocycles. The zero-order valence-electron chi connectivity index (χ0n) is 16.5. The molecule has 1 saturated heterocycles. The van der Waals surface area contributed by atoms with Crippen molar-refractivity contribution in [2.24, 2.45) is 10.4 Å². The molecule has 5 nitrogen and oxygen atoms in total. The SMILES string of the molecule is CCNC(=NCC(=O)N(CC)Cc1ccccc1)N1CCC(C)(C)C1.I. The van der Waals surface area contributed by atoms with E-state index < -0.39 is 0 Å². The van der Waals surface area contributed by atoms with Crippen LogP contribution in [0, 0.1) is 5.41 Å². The average molecular weight is 472 g/mol. The van der Waals surface area contributed by atoms with E-state index in [1.165, 1.54) is 0 Å². The highest BCUT2D eigenvalue weighted by Gasteiger charge is 2.31. The van der Waals surface area contributed by atoms with Crippen LogP contribution in [-0.2, 0) is 11.3 Å². The van der Waals surface area contributed by atoms with Gasteiger partial charge in [-0.15, -0.1) is 24.0 Å². The molecule has 0 spiro atoms. The number of nitrogens with one attached hydrogen (secondary N) is 1. The molecule has 1 aliphatic heterocycles. The van der Waals surface area contributed by atoms with Gasteiger partial charge in [0.15, 0.2) is 5.96 Å². The number of guanidine groups is 1. The number of amides is 1. The van der Waals surface area contributed by atoms with E-state index >= 15 is 0 Å². The predicted molar refractivity (Wildman–Crippen MR) is 119 cm³/mol. The maximum Gasteiger partial charge on any atom is 0.244 e. The van der Waals surface area contributed by atoms with Crippen LogP contribution in [0.4, 0.5) is 0 Å². The first-order chi connectivity index (χ1) is 11.9. The van der Waals surface area contributed by atoms with Crippen molar-refractivity contribution in [3.8, 4) is 0 Å². The number of carbonyl (C=O) groups is 1. The maximum atomic E-state index is 12.6. The van der Waals surface area contributed by atoms with E-state index in [1.54, 1.807) is 0 Å². The monoisotopic (exact) mass is 472 g/mol. The quantitative estimate of drug-likeness (QED) is 0.393. The summed E-state index contributed by atoms with van der Waals surface area (Å²) in [4.78, 5) is 21.3. The van der Waals surface area contributed by atoms with E-state index in [0.29, 0.717) is 18.5 Å². The second-order valence-electron chi connectivity index (χ2n) is 7.40. The summed E-state index contributed by atoms with van der Waals surface area (Å²) in [6.45, 7) is 12.9. The van der Waals surface area contributed by atoms with E-state index in [4.69, 9.17) is 0 Å². The molecule has 1 N–H and O–H groups in total. The molecule has 1 heterocycles. The molecule has 0 saturated carbocycles. The number of rotatable bonds is 6. The van der Waals surface area contributed by atoms with Crippen LogP contribution in [0.15, 0.2) is 35.3 Å². The summed E-state index contributed by atoms with van der Waals surface area (Å²) in [5, 5.41) is 3.33. The van der Waals surface area contributed by atoms with Crippen LogP contribution >= 0.6 is 24.0 Å². The zero-order valence-corrected chi connectivity index (χ0v) is 18.8. The molecule has 1 aromatic rings. The van der Waals surface area contributed by atoms with Crippen LogP contribution in [-0.4, -0.2) is 54.4 Å². The van der Waals surface area contributed by atoms with Crippen molar-refractivity contribution in [3.05, 3.63) is 35.9 Å². The summed E-state index contributed by atoms with van der Waals surface area (Å²) >= 11 is 0. The summed E-state index contributed by atoms with van der Waals surface area (Å²) in [7, 11) is 0. The van der Waals surface area contributed by atoms with Gasteiger partial charge < -0.3 is 15.1 Å². The molecule has 2 rings (SSSR count). The maximum absolute atomic E-state index is 12.6. The number of hydrogen-bond donors (Lipinski definition) is 1. The summed E-state index contributed by atoms with van der Waals surface area (Å²) in [6.07, 6.45) is 1.15. The lowest BCUT2D eigenvalue weighted by Crippen LogP contribution is -2.42. The van der Waals surface area contributed by atoms with Gasteiger partial charge in [0.1, 0.15) is 6.54 Å². The summed E-state index contributed by atoms with van der Waals surface area (Å²) in [5.74, 6) is 0.928. The van der Waals surface area contributed by atoms with Gasteiger partial charge in [-0.1, -0.05) is 44.2 Å². The first kappa shape index (κ1) is 22.7. The molecule has 0 aliphatic carbocycles. The molecule has 0 aromatic heterocycles. The van der Waals surface area contributed by atoms with Gasteiger partial charge in [-0.2, -0.15) is 0 Å². The van der Waals surface area contributed by atoms with E-state index in [0.717, 1.165) is 37.6 Å². The van der Waals surface area contributed by atoms with Crippen LogP contribution in [0.25, 0.3) is 0 Å². The summed E-state index contributed by atoms with van der Waals surface area (Å²) < 4.78 is 0. The van der Waals surface area contributed by atoms with Crippen molar-refractivity contribution in [2.75, 3.05) is 32.7 Å². The third-order valence-electron chi connectivity index (χ3n) is 4.63. The Bertz CT molecular complexity index is 589. The Hall–Kier alpha value is -1.31. The molecule has 0 bridgehead atoms. The Morgan fingerprint density at radius 1 is 1.27 bits per heavy atom. The van der Waals surface area contributed by atoms with Crippen LogP contribution in [0.3, 0.4) is 0 Å². The number of likely N-dealkylation sites (N-methyl/N-ethyl adjacent to an activating group) is 1. The Kier molecular flexibility index (Phi) is 9.39. The minimum Gasteiger partial charge on any atom is -0.357 e. The van der Waals surface area contributed by atoms with Gasteiger partial charge >= 0.3 is 0 Å². The van der Waals surface area contributed by atoms with Gasteiger partial charge in [-0.3, -0.25) is 4.79 Å². The Balaban J connectivity index is 0.00000338. The Labute approximate surface area is 175 Å². The number of halogens is 1. The number of hydrogen-bond acceptors (Lipinski definition) is 2. The van der Waals surface area contributed by atoms with Crippen molar-refractivity contribution in [2.45, 2.75) is 40.7 Å². The number of benzene rings is 1. The summed E-state index contributed by atoms with van der Waals surface area (Å²) in [5.41, 5.74) is 1.46. The molecule has 6 heteroatoms. The van der Waals surface area contributed by atoms with Gasteiger partial charge in [0.25, 0.3) is 0 Å². The number of nitrogens with zero attached hydrogens (tertiary/aromatic N) is 3. The predicted octanol–water partition coefficient (Wildman–Crippen LogP) is 3.35. The molecule has 0 radical (unpaired) electrons. The smallest absolute Gasteiger partial charge is 0.244 e. The Morgan fingerprint density at radius 3 is 2.50 bits per heavy atom. The van der Waals surface area contributed by atoms with Crippen LogP contribution in [0.1, 0.15) is 39.7 Å². The van der Waals surface area contributed by atoms with Gasteiger partial charge in [-0.25, -0.2) is 4.99 Å². The average Bonchev–Trinajstić information content (AvgIpc) is 2.96. The van der Waals surface area contributed by atoms with Crippen LogP contribution in [0.2, 0.25) is 0 Å². The number of likely N-dealkylation sites (tertiary alicyclic amines) is 1. The van der Waals surface area contributed by atoms with Crippen LogP contribution < -0.4 is 5.32 Å². The lowest BCUT2D eigenvalue weighted by Gasteiger charge is -2.24. The molecular formula is C20H33IN4O. The number of carbonyl (C=O) groups excluding carboxylic acids is 1. The van der Waals surface area contributed by atoms with Gasteiger partial charge in [0.2, 0.25) is 5.91 Å². The molecule has 1 fully saturated rings. The van der Waals surface area contributed by atoms with Crippen molar-refractivity contribution < 1.29 is 4.79 Å². The lowest BCUT2D eigenvalue weighted by atomic mass is 9.93. The minimum atomic E-state index is 0.